The zero-order valence-electron chi connectivity index (χ0n) is 18.6. The van der Waals surface area contributed by atoms with Crippen LogP contribution in [0.1, 0.15) is 25.0 Å². The number of thioether (sulfide) groups is 2. The first-order chi connectivity index (χ1) is 17.0. The lowest BCUT2D eigenvalue weighted by molar-refractivity contribution is -0.150. The van der Waals surface area contributed by atoms with Crippen molar-refractivity contribution in [1.29, 1.82) is 0 Å². The van der Waals surface area contributed by atoms with Gasteiger partial charge in [0.15, 0.2) is 0 Å². The first-order valence-corrected chi connectivity index (χ1v) is 14.0. The minimum absolute atomic E-state index is 0.296. The van der Waals surface area contributed by atoms with Gasteiger partial charge in [-0.1, -0.05) is 6.08 Å². The van der Waals surface area contributed by atoms with E-state index in [4.69, 9.17) is 9.47 Å². The minimum atomic E-state index is -1.49. The van der Waals surface area contributed by atoms with Crippen LogP contribution >= 0.6 is 47.0 Å². The van der Waals surface area contributed by atoms with Crippen molar-refractivity contribution < 1.29 is 19.1 Å². The summed E-state index contributed by atoms with van der Waals surface area (Å²) in [7, 11) is 2.10. The maximum absolute atomic E-state index is 12.0. The van der Waals surface area contributed by atoms with Crippen molar-refractivity contribution in [3.8, 4) is 11.3 Å². The first-order valence-electron chi connectivity index (χ1n) is 10.7. The molecule has 3 aromatic heterocycles. The summed E-state index contributed by atoms with van der Waals surface area (Å²) >= 11 is 4.91. The quantitative estimate of drug-likeness (QED) is 0.168. The van der Waals surface area contributed by atoms with Crippen LogP contribution in [0.25, 0.3) is 16.8 Å². The lowest BCUT2D eigenvalue weighted by atomic mass is 10.1. The monoisotopic (exact) mass is 548 g/mol. The molecular formula is C21H20N6O4S4. The number of hydrogen-bond acceptors (Lipinski definition) is 14. The van der Waals surface area contributed by atoms with E-state index in [1.165, 1.54) is 17.3 Å². The Kier molecular flexibility index (Phi) is 7.43. The molecule has 14 heteroatoms. The Morgan fingerprint density at radius 3 is 2.60 bits per heavy atom. The molecule has 0 amide bonds. The Hall–Kier alpha value is -2.39. The van der Waals surface area contributed by atoms with Gasteiger partial charge in [0.2, 0.25) is 0 Å². The molecule has 0 saturated carbocycles. The third-order valence-corrected chi connectivity index (χ3v) is 8.78. The highest BCUT2D eigenvalue weighted by Gasteiger charge is 2.50. The second-order valence-electron chi connectivity index (χ2n) is 7.85. The molecule has 2 aliphatic heterocycles. The minimum Gasteiger partial charge on any atom is -0.404 e. The molecular weight excluding hydrogens is 529 g/mol. The van der Waals surface area contributed by atoms with Gasteiger partial charge in [-0.05, 0) is 55.1 Å². The zero-order chi connectivity index (χ0) is 24.3. The number of nitrogens with zero attached hydrogens (tertiary/aromatic N) is 6. The Labute approximate surface area is 218 Å². The van der Waals surface area contributed by atoms with Gasteiger partial charge in [-0.25, -0.2) is 9.59 Å². The smallest absolute Gasteiger partial charge is 0.404 e. The molecule has 0 atom stereocenters. The summed E-state index contributed by atoms with van der Waals surface area (Å²) in [5, 5.41) is -0.0853. The van der Waals surface area contributed by atoms with E-state index in [-0.39, 0.29) is 0 Å². The summed E-state index contributed by atoms with van der Waals surface area (Å²) < 4.78 is 28.5. The number of esters is 2. The van der Waals surface area contributed by atoms with E-state index in [9.17, 15) is 9.59 Å². The predicted molar refractivity (Wildman–Crippen MR) is 134 cm³/mol. The van der Waals surface area contributed by atoms with Crippen LogP contribution < -0.4 is 0 Å². The molecule has 2 aliphatic rings. The Balaban J connectivity index is 1.26. The van der Waals surface area contributed by atoms with E-state index in [1.807, 2.05) is 6.07 Å². The maximum atomic E-state index is 12.0. The van der Waals surface area contributed by atoms with E-state index in [0.717, 1.165) is 59.3 Å². The number of cyclic esters (lactones) is 2. The molecule has 0 aliphatic carbocycles. The van der Waals surface area contributed by atoms with Crippen molar-refractivity contribution in [2.75, 3.05) is 25.9 Å². The number of aromatic nitrogens is 5. The van der Waals surface area contributed by atoms with Crippen LogP contribution in [-0.4, -0.2) is 70.3 Å². The first kappa shape index (κ1) is 24.3. The molecule has 0 bridgehead atoms. The standard InChI is InChI=1S/C21H20N6O4S4/c1-27-9-3-6-14(12-27)16-17(25-34-24-16)32-10-4-7-21(30-19(28)20(29)31-21)33-18-15(23-35-26-18)13-5-2-8-22-11-13/h2,5-6,8,11H,3-4,7,9-10,12H2,1H3. The fourth-order valence-corrected chi connectivity index (χ4v) is 7.12. The number of hydrogen-bond donors (Lipinski definition) is 0. The SMILES string of the molecule is CN1CCC=C(c2nsnc2SCCCC2(Sc3nsnc3-c3cccnc3)OC(=O)C(=O)O2)C1. The zero-order valence-corrected chi connectivity index (χ0v) is 21.8. The largest absolute Gasteiger partial charge is 0.421 e. The predicted octanol–water partition coefficient (Wildman–Crippen LogP) is 3.59. The van der Waals surface area contributed by atoms with E-state index in [1.54, 1.807) is 30.2 Å². The highest BCUT2D eigenvalue weighted by atomic mass is 32.2. The number of carbonyl (C=O) groups excluding carboxylic acids is 2. The normalized spacial score (nSPS) is 17.8. The Bertz CT molecular complexity index is 1230. The highest BCUT2D eigenvalue weighted by Crippen LogP contribution is 2.45. The van der Waals surface area contributed by atoms with Crippen molar-refractivity contribution in [2.24, 2.45) is 0 Å². The number of ether oxygens (including phenoxy) is 2. The average Bonchev–Trinajstić information content (AvgIpc) is 3.57. The fourth-order valence-electron chi connectivity index (χ4n) is 3.65. The maximum Gasteiger partial charge on any atom is 0.421 e. The third-order valence-electron chi connectivity index (χ3n) is 5.28. The molecule has 0 aromatic carbocycles. The molecule has 10 nitrogen and oxygen atoms in total. The van der Waals surface area contributed by atoms with Gasteiger partial charge in [0.25, 0.3) is 0 Å². The molecule has 0 unspecified atom stereocenters. The van der Waals surface area contributed by atoms with Gasteiger partial charge in [-0.15, -0.1) is 11.8 Å². The van der Waals surface area contributed by atoms with Crippen LogP contribution in [0.3, 0.4) is 0 Å². The number of likely N-dealkylation sites (N-methyl/N-ethyl adjacent to an activating group) is 1. The topological polar surface area (TPSA) is 120 Å². The molecule has 5 heterocycles. The lowest BCUT2D eigenvalue weighted by Gasteiger charge is -2.24. The lowest BCUT2D eigenvalue weighted by Crippen LogP contribution is -2.26. The van der Waals surface area contributed by atoms with Gasteiger partial charge >= 0.3 is 17.1 Å². The van der Waals surface area contributed by atoms with Crippen molar-refractivity contribution in [3.63, 3.8) is 0 Å². The summed E-state index contributed by atoms with van der Waals surface area (Å²) in [5.74, 6) is -1.32. The van der Waals surface area contributed by atoms with Crippen LogP contribution in [-0.2, 0) is 19.1 Å². The summed E-state index contributed by atoms with van der Waals surface area (Å²) in [6.07, 6.45) is 7.47. The van der Waals surface area contributed by atoms with Crippen molar-refractivity contribution in [1.82, 2.24) is 27.4 Å². The van der Waals surface area contributed by atoms with Crippen LogP contribution in [0.15, 0.2) is 40.7 Å². The Morgan fingerprint density at radius 2 is 1.86 bits per heavy atom. The van der Waals surface area contributed by atoms with Gasteiger partial charge in [0.05, 0.1) is 23.5 Å². The van der Waals surface area contributed by atoms with Crippen LogP contribution in [0.5, 0.6) is 0 Å². The molecule has 182 valence electrons. The number of carbonyl (C=O) groups is 2. The van der Waals surface area contributed by atoms with Crippen LogP contribution in [0.2, 0.25) is 0 Å². The van der Waals surface area contributed by atoms with Gasteiger partial charge in [0.1, 0.15) is 21.4 Å². The van der Waals surface area contributed by atoms with E-state index >= 15 is 0 Å². The molecule has 0 N–H and O–H groups in total. The second-order valence-corrected chi connectivity index (χ2v) is 11.2. The number of pyridine rings is 1. The van der Waals surface area contributed by atoms with E-state index in [0.29, 0.717) is 29.3 Å². The van der Waals surface area contributed by atoms with Gasteiger partial charge in [-0.3, -0.25) is 4.98 Å². The molecule has 5 rings (SSSR count). The molecule has 3 aromatic rings. The van der Waals surface area contributed by atoms with Crippen molar-refractivity contribution >= 4 is 64.5 Å². The summed E-state index contributed by atoms with van der Waals surface area (Å²) in [6, 6.07) is 3.66. The van der Waals surface area contributed by atoms with Crippen molar-refractivity contribution in [3.05, 3.63) is 36.3 Å². The van der Waals surface area contributed by atoms with Crippen LogP contribution in [0, 0.1) is 0 Å². The van der Waals surface area contributed by atoms with Gasteiger partial charge in [0, 0.05) is 37.5 Å². The van der Waals surface area contributed by atoms with Crippen LogP contribution in [0.4, 0.5) is 0 Å². The van der Waals surface area contributed by atoms with Gasteiger partial charge in [-0.2, -0.15) is 17.5 Å². The Morgan fingerprint density at radius 1 is 1.09 bits per heavy atom. The summed E-state index contributed by atoms with van der Waals surface area (Å²) in [5.41, 5.74) is 3.50. The summed E-state index contributed by atoms with van der Waals surface area (Å²) in [6.45, 7) is 1.89. The average molecular weight is 549 g/mol. The molecule has 35 heavy (non-hydrogen) atoms. The number of rotatable bonds is 9. The fraction of sp³-hybridized carbons (Fsp3) is 0.381. The molecule has 1 fully saturated rings. The third kappa shape index (κ3) is 5.56. The summed E-state index contributed by atoms with van der Waals surface area (Å²) in [4.78, 5) is 30.3. The molecule has 0 radical (unpaired) electrons. The highest BCUT2D eigenvalue weighted by molar-refractivity contribution is 8.00. The van der Waals surface area contributed by atoms with Crippen molar-refractivity contribution in [2.45, 2.75) is 34.4 Å². The molecule has 1 saturated heterocycles. The van der Waals surface area contributed by atoms with Gasteiger partial charge < -0.3 is 14.4 Å². The molecule has 0 spiro atoms. The van der Waals surface area contributed by atoms with E-state index in [2.05, 4.69) is 40.5 Å². The van der Waals surface area contributed by atoms with E-state index < -0.39 is 17.1 Å². The second kappa shape index (κ2) is 10.7.